The van der Waals surface area contributed by atoms with Crippen molar-refractivity contribution in [1.29, 1.82) is 0 Å². The standard InChI is InChI=1S/C23H25ClN2O2/c24-19-11-13-20(14-12-19)25-22(27)17-7-9-18(10-8-17)23(28)26-15-3-5-16-4-1-2-6-21(16)26/h1-2,4,6,11-14,17-18H,3,5,7-10,15H2,(H,25,27). The van der Waals surface area contributed by atoms with Crippen LogP contribution in [0.3, 0.4) is 0 Å². The molecule has 0 radical (unpaired) electrons. The van der Waals surface area contributed by atoms with Gasteiger partial charge in [0.2, 0.25) is 11.8 Å². The van der Waals surface area contributed by atoms with Gasteiger partial charge in [0.1, 0.15) is 0 Å². The lowest BCUT2D eigenvalue weighted by molar-refractivity contribution is -0.126. The van der Waals surface area contributed by atoms with Crippen LogP contribution < -0.4 is 10.2 Å². The Morgan fingerprint density at radius 1 is 0.929 bits per heavy atom. The van der Waals surface area contributed by atoms with E-state index in [1.807, 2.05) is 29.2 Å². The minimum atomic E-state index is -0.0339. The Hall–Kier alpha value is -2.33. The van der Waals surface area contributed by atoms with E-state index in [0.29, 0.717) is 5.02 Å². The van der Waals surface area contributed by atoms with E-state index >= 15 is 0 Å². The third kappa shape index (κ3) is 4.07. The van der Waals surface area contributed by atoms with Gasteiger partial charge in [-0.2, -0.15) is 0 Å². The predicted octanol–water partition coefficient (Wildman–Crippen LogP) is 5.06. The highest BCUT2D eigenvalue weighted by atomic mass is 35.5. The van der Waals surface area contributed by atoms with Crippen LogP contribution in [-0.2, 0) is 16.0 Å². The fraction of sp³-hybridized carbons (Fsp3) is 0.391. The molecular weight excluding hydrogens is 372 g/mol. The second-order valence-corrected chi connectivity index (χ2v) is 8.20. The van der Waals surface area contributed by atoms with Gasteiger partial charge in [-0.3, -0.25) is 9.59 Å². The first-order valence-corrected chi connectivity index (χ1v) is 10.5. The number of benzene rings is 2. The number of hydrogen-bond donors (Lipinski definition) is 1. The van der Waals surface area contributed by atoms with Crippen LogP contribution in [0.2, 0.25) is 5.02 Å². The highest BCUT2D eigenvalue weighted by Gasteiger charge is 2.33. The molecule has 0 spiro atoms. The zero-order valence-electron chi connectivity index (χ0n) is 15.9. The maximum absolute atomic E-state index is 13.1. The number of para-hydroxylation sites is 1. The number of nitrogens with one attached hydrogen (secondary N) is 1. The first kappa shape index (κ1) is 19.0. The number of aryl methyl sites for hydroxylation is 1. The van der Waals surface area contributed by atoms with Crippen molar-refractivity contribution in [3.63, 3.8) is 0 Å². The van der Waals surface area contributed by atoms with Crippen LogP contribution in [0, 0.1) is 11.8 Å². The van der Waals surface area contributed by atoms with Crippen molar-refractivity contribution in [2.45, 2.75) is 38.5 Å². The number of hydrogen-bond acceptors (Lipinski definition) is 2. The average molecular weight is 397 g/mol. The van der Waals surface area contributed by atoms with Gasteiger partial charge in [-0.25, -0.2) is 0 Å². The normalized spacial score (nSPS) is 21.7. The fourth-order valence-electron chi connectivity index (χ4n) is 4.36. The Labute approximate surface area is 170 Å². The second kappa shape index (κ2) is 8.36. The van der Waals surface area contributed by atoms with Gasteiger partial charge in [-0.05, 0) is 74.4 Å². The van der Waals surface area contributed by atoms with Crippen molar-refractivity contribution in [2.75, 3.05) is 16.8 Å². The van der Waals surface area contributed by atoms with E-state index in [9.17, 15) is 9.59 Å². The van der Waals surface area contributed by atoms with E-state index in [1.165, 1.54) is 5.56 Å². The minimum Gasteiger partial charge on any atom is -0.326 e. The third-order valence-electron chi connectivity index (χ3n) is 5.94. The van der Waals surface area contributed by atoms with E-state index in [4.69, 9.17) is 11.6 Å². The van der Waals surface area contributed by atoms with Gasteiger partial charge in [0.25, 0.3) is 0 Å². The van der Waals surface area contributed by atoms with Gasteiger partial charge in [0.05, 0.1) is 0 Å². The van der Waals surface area contributed by atoms with E-state index < -0.39 is 0 Å². The zero-order valence-corrected chi connectivity index (χ0v) is 16.6. The summed E-state index contributed by atoms with van der Waals surface area (Å²) in [7, 11) is 0. The van der Waals surface area contributed by atoms with Crippen LogP contribution in [0.5, 0.6) is 0 Å². The molecular formula is C23H25ClN2O2. The number of carbonyl (C=O) groups excluding carboxylic acids is 2. The monoisotopic (exact) mass is 396 g/mol. The highest BCUT2D eigenvalue weighted by molar-refractivity contribution is 6.30. The van der Waals surface area contributed by atoms with Crippen LogP contribution >= 0.6 is 11.6 Å². The summed E-state index contributed by atoms with van der Waals surface area (Å²) in [5, 5.41) is 3.62. The molecule has 146 valence electrons. The van der Waals surface area contributed by atoms with Gasteiger partial charge in [0, 0.05) is 34.8 Å². The van der Waals surface area contributed by atoms with Gasteiger partial charge < -0.3 is 10.2 Å². The molecule has 2 aromatic carbocycles. The molecule has 1 N–H and O–H groups in total. The largest absolute Gasteiger partial charge is 0.326 e. The van der Waals surface area contributed by atoms with Crippen LogP contribution in [-0.4, -0.2) is 18.4 Å². The lowest BCUT2D eigenvalue weighted by Gasteiger charge is -2.34. The van der Waals surface area contributed by atoms with Crippen LogP contribution in [0.4, 0.5) is 11.4 Å². The molecule has 0 saturated heterocycles. The summed E-state index contributed by atoms with van der Waals surface area (Å²) >= 11 is 5.89. The number of nitrogens with zero attached hydrogens (tertiary/aromatic N) is 1. The van der Waals surface area contributed by atoms with E-state index in [0.717, 1.165) is 56.4 Å². The summed E-state index contributed by atoms with van der Waals surface area (Å²) in [5.41, 5.74) is 3.09. The summed E-state index contributed by atoms with van der Waals surface area (Å²) in [6.45, 7) is 0.798. The molecule has 4 nitrogen and oxygen atoms in total. The van der Waals surface area contributed by atoms with Gasteiger partial charge in [-0.1, -0.05) is 29.8 Å². The Kier molecular flexibility index (Phi) is 5.67. The zero-order chi connectivity index (χ0) is 19.5. The molecule has 0 unspecified atom stereocenters. The summed E-state index contributed by atoms with van der Waals surface area (Å²) in [4.78, 5) is 27.7. The highest BCUT2D eigenvalue weighted by Crippen LogP contribution is 2.34. The minimum absolute atomic E-state index is 0.0192. The number of fused-ring (bicyclic) bond motifs is 1. The summed E-state index contributed by atoms with van der Waals surface area (Å²) in [5.74, 6) is 0.249. The molecule has 4 rings (SSSR count). The van der Waals surface area contributed by atoms with Crippen molar-refractivity contribution < 1.29 is 9.59 Å². The van der Waals surface area contributed by atoms with Crippen molar-refractivity contribution in [2.24, 2.45) is 11.8 Å². The van der Waals surface area contributed by atoms with E-state index in [1.54, 1.807) is 12.1 Å². The van der Waals surface area contributed by atoms with Gasteiger partial charge in [0.15, 0.2) is 0 Å². The van der Waals surface area contributed by atoms with Crippen LogP contribution in [0.25, 0.3) is 0 Å². The summed E-state index contributed by atoms with van der Waals surface area (Å²) in [6.07, 6.45) is 5.11. The molecule has 0 bridgehead atoms. The van der Waals surface area contributed by atoms with Crippen molar-refractivity contribution >= 4 is 34.8 Å². The van der Waals surface area contributed by atoms with Crippen LogP contribution in [0.15, 0.2) is 48.5 Å². The second-order valence-electron chi connectivity index (χ2n) is 7.77. The summed E-state index contributed by atoms with van der Waals surface area (Å²) < 4.78 is 0. The first-order valence-electron chi connectivity index (χ1n) is 10.1. The molecule has 1 aliphatic heterocycles. The molecule has 2 aliphatic rings. The number of carbonyl (C=O) groups is 2. The summed E-state index contributed by atoms with van der Waals surface area (Å²) in [6, 6.07) is 15.4. The number of rotatable bonds is 3. The quantitative estimate of drug-likeness (QED) is 0.787. The predicted molar refractivity (Wildman–Crippen MR) is 113 cm³/mol. The van der Waals surface area contributed by atoms with E-state index in [-0.39, 0.29) is 23.7 Å². The molecule has 2 aromatic rings. The van der Waals surface area contributed by atoms with E-state index in [2.05, 4.69) is 17.4 Å². The maximum Gasteiger partial charge on any atom is 0.230 e. The molecule has 2 amide bonds. The number of halogens is 1. The number of amides is 2. The third-order valence-corrected chi connectivity index (χ3v) is 6.19. The molecule has 1 saturated carbocycles. The molecule has 0 atom stereocenters. The molecule has 1 aliphatic carbocycles. The molecule has 0 aromatic heterocycles. The topological polar surface area (TPSA) is 49.4 Å². The van der Waals surface area contributed by atoms with Gasteiger partial charge in [-0.15, -0.1) is 0 Å². The lowest BCUT2D eigenvalue weighted by Crippen LogP contribution is -2.41. The SMILES string of the molecule is O=C(Nc1ccc(Cl)cc1)C1CCC(C(=O)N2CCCc3ccccc32)CC1. The van der Waals surface area contributed by atoms with Crippen molar-refractivity contribution in [3.8, 4) is 0 Å². The molecule has 1 heterocycles. The molecule has 5 heteroatoms. The Bertz CT molecular complexity index is 857. The smallest absolute Gasteiger partial charge is 0.230 e. The Morgan fingerprint density at radius 2 is 1.61 bits per heavy atom. The molecule has 28 heavy (non-hydrogen) atoms. The first-order chi connectivity index (χ1) is 13.6. The van der Waals surface area contributed by atoms with Crippen molar-refractivity contribution in [3.05, 3.63) is 59.1 Å². The van der Waals surface area contributed by atoms with Crippen LogP contribution in [0.1, 0.15) is 37.7 Å². The number of anilines is 2. The Balaban J connectivity index is 1.34. The Morgan fingerprint density at radius 3 is 2.36 bits per heavy atom. The van der Waals surface area contributed by atoms with Gasteiger partial charge >= 0.3 is 0 Å². The fourth-order valence-corrected chi connectivity index (χ4v) is 4.49. The lowest BCUT2D eigenvalue weighted by atomic mass is 9.80. The molecule has 1 fully saturated rings. The maximum atomic E-state index is 13.1. The average Bonchev–Trinajstić information content (AvgIpc) is 2.74. The van der Waals surface area contributed by atoms with Crippen molar-refractivity contribution in [1.82, 2.24) is 0 Å².